The van der Waals surface area contributed by atoms with E-state index >= 15 is 0 Å². The number of hydrogen-bond acceptors (Lipinski definition) is 4. The van der Waals surface area contributed by atoms with E-state index in [1.54, 1.807) is 12.1 Å². The Kier molecular flexibility index (Phi) is 5.77. The van der Waals surface area contributed by atoms with Crippen molar-refractivity contribution in [1.82, 2.24) is 0 Å². The Bertz CT molecular complexity index is 912. The minimum absolute atomic E-state index is 0.407. The van der Waals surface area contributed by atoms with Crippen LogP contribution < -0.4 is 9.47 Å². The zero-order chi connectivity index (χ0) is 19.2. The molecule has 0 aromatic heterocycles. The number of hydrogen-bond donors (Lipinski definition) is 0. The first-order chi connectivity index (χ1) is 13.1. The van der Waals surface area contributed by atoms with Crippen LogP contribution in [0.25, 0.3) is 0 Å². The van der Waals surface area contributed by atoms with E-state index < -0.39 is 5.97 Å². The van der Waals surface area contributed by atoms with Crippen molar-refractivity contribution in [1.29, 1.82) is 0 Å². The maximum atomic E-state index is 11.9. The molecule has 0 atom stereocenters. The lowest BCUT2D eigenvalue weighted by atomic mass is 10.0. The second-order valence-corrected chi connectivity index (χ2v) is 6.26. The fourth-order valence-corrected chi connectivity index (χ4v) is 2.79. The third-order valence-electron chi connectivity index (χ3n) is 4.26. The molecule has 0 aliphatic rings. The van der Waals surface area contributed by atoms with Crippen LogP contribution in [0.15, 0.2) is 66.7 Å². The quantitative estimate of drug-likeness (QED) is 0.567. The zero-order valence-corrected chi connectivity index (χ0v) is 15.7. The van der Waals surface area contributed by atoms with E-state index in [1.165, 1.54) is 19.8 Å². The number of carbonyl (C=O) groups excluding carboxylic acids is 1. The van der Waals surface area contributed by atoms with Gasteiger partial charge in [-0.1, -0.05) is 35.9 Å². The van der Waals surface area contributed by atoms with Crippen LogP contribution in [-0.2, 0) is 11.2 Å². The van der Waals surface area contributed by atoms with Crippen LogP contribution in [0.1, 0.15) is 27.0 Å². The number of rotatable bonds is 6. The molecule has 0 radical (unpaired) electrons. The Hall–Kier alpha value is -3.27. The summed E-state index contributed by atoms with van der Waals surface area (Å²) in [4.78, 5) is 11.9. The van der Waals surface area contributed by atoms with Gasteiger partial charge in [0.25, 0.3) is 0 Å². The molecule has 0 fully saturated rings. The molecular weight excluding hydrogens is 340 g/mol. The van der Waals surface area contributed by atoms with Crippen LogP contribution in [0.5, 0.6) is 17.2 Å². The molecule has 4 heteroatoms. The standard InChI is InChI=1S/C23H22O4/c1-16-4-9-19(10-5-16)27-20-11-6-17(7-12-20)14-18-8-13-22(25-2)21(15-18)23(24)26-3/h4-13,15H,14H2,1-3H3. The summed E-state index contributed by atoms with van der Waals surface area (Å²) in [6.45, 7) is 2.04. The average Bonchev–Trinajstić information content (AvgIpc) is 2.70. The number of benzene rings is 3. The lowest BCUT2D eigenvalue weighted by molar-refractivity contribution is 0.0597. The Morgan fingerprint density at radius 2 is 1.41 bits per heavy atom. The molecule has 0 saturated heterocycles. The second kappa shape index (κ2) is 8.41. The van der Waals surface area contributed by atoms with Gasteiger partial charge in [-0.25, -0.2) is 4.79 Å². The van der Waals surface area contributed by atoms with Gasteiger partial charge in [0.15, 0.2) is 0 Å². The third kappa shape index (κ3) is 4.67. The van der Waals surface area contributed by atoms with Crippen LogP contribution >= 0.6 is 0 Å². The Morgan fingerprint density at radius 1 is 0.815 bits per heavy atom. The molecule has 27 heavy (non-hydrogen) atoms. The molecule has 0 spiro atoms. The number of methoxy groups -OCH3 is 2. The summed E-state index contributed by atoms with van der Waals surface area (Å²) in [6, 6.07) is 21.4. The average molecular weight is 362 g/mol. The van der Waals surface area contributed by atoms with Gasteiger partial charge in [0.2, 0.25) is 0 Å². The molecule has 0 aliphatic heterocycles. The predicted octanol–water partition coefficient (Wildman–Crippen LogP) is 5.17. The highest BCUT2D eigenvalue weighted by Crippen LogP contribution is 2.25. The van der Waals surface area contributed by atoms with E-state index in [0.717, 1.165) is 22.6 Å². The summed E-state index contributed by atoms with van der Waals surface area (Å²) in [5.41, 5.74) is 3.75. The van der Waals surface area contributed by atoms with E-state index in [4.69, 9.17) is 14.2 Å². The lowest BCUT2D eigenvalue weighted by Gasteiger charge is -2.10. The third-order valence-corrected chi connectivity index (χ3v) is 4.26. The molecule has 138 valence electrons. The molecule has 3 aromatic rings. The van der Waals surface area contributed by atoms with Gasteiger partial charge in [-0.2, -0.15) is 0 Å². The Morgan fingerprint density at radius 3 is 2.00 bits per heavy atom. The Balaban J connectivity index is 1.72. The molecule has 0 bridgehead atoms. The van der Waals surface area contributed by atoms with E-state index in [-0.39, 0.29) is 0 Å². The van der Waals surface area contributed by atoms with Crippen LogP contribution in [0.3, 0.4) is 0 Å². The van der Waals surface area contributed by atoms with Crippen molar-refractivity contribution >= 4 is 5.97 Å². The van der Waals surface area contributed by atoms with Gasteiger partial charge in [0.1, 0.15) is 22.8 Å². The van der Waals surface area contributed by atoms with Crippen molar-refractivity contribution < 1.29 is 19.0 Å². The van der Waals surface area contributed by atoms with Gasteiger partial charge < -0.3 is 14.2 Å². The van der Waals surface area contributed by atoms with Crippen molar-refractivity contribution in [3.63, 3.8) is 0 Å². The molecule has 0 aliphatic carbocycles. The number of esters is 1. The lowest BCUT2D eigenvalue weighted by Crippen LogP contribution is -2.05. The van der Waals surface area contributed by atoms with E-state index in [0.29, 0.717) is 17.7 Å². The van der Waals surface area contributed by atoms with Gasteiger partial charge in [-0.15, -0.1) is 0 Å². The largest absolute Gasteiger partial charge is 0.496 e. The van der Waals surface area contributed by atoms with Crippen LogP contribution in [0.2, 0.25) is 0 Å². The van der Waals surface area contributed by atoms with Crippen molar-refractivity contribution in [2.45, 2.75) is 13.3 Å². The molecule has 0 N–H and O–H groups in total. The first-order valence-electron chi connectivity index (χ1n) is 8.67. The molecule has 0 saturated carbocycles. The van der Waals surface area contributed by atoms with Crippen LogP contribution in [0.4, 0.5) is 0 Å². The molecule has 0 amide bonds. The summed E-state index contributed by atoms with van der Waals surface area (Å²) >= 11 is 0. The number of ether oxygens (including phenoxy) is 3. The highest BCUT2D eigenvalue weighted by molar-refractivity contribution is 5.92. The highest BCUT2D eigenvalue weighted by Gasteiger charge is 2.13. The van der Waals surface area contributed by atoms with Crippen molar-refractivity contribution in [3.05, 3.63) is 89.0 Å². The minimum Gasteiger partial charge on any atom is -0.496 e. The monoisotopic (exact) mass is 362 g/mol. The summed E-state index contributed by atoms with van der Waals surface area (Å²) in [5.74, 6) is 1.70. The topological polar surface area (TPSA) is 44.8 Å². The molecule has 0 heterocycles. The maximum absolute atomic E-state index is 11.9. The van der Waals surface area contributed by atoms with Crippen molar-refractivity contribution in [2.24, 2.45) is 0 Å². The van der Waals surface area contributed by atoms with E-state index in [2.05, 4.69) is 0 Å². The highest BCUT2D eigenvalue weighted by atomic mass is 16.5. The predicted molar refractivity (Wildman–Crippen MR) is 105 cm³/mol. The molecule has 3 aromatic carbocycles. The van der Waals surface area contributed by atoms with Gasteiger partial charge in [-0.3, -0.25) is 0 Å². The van der Waals surface area contributed by atoms with Crippen molar-refractivity contribution in [3.8, 4) is 17.2 Å². The molecule has 0 unspecified atom stereocenters. The minimum atomic E-state index is -0.407. The fraction of sp³-hybridized carbons (Fsp3) is 0.174. The number of aryl methyl sites for hydroxylation is 1. The second-order valence-electron chi connectivity index (χ2n) is 6.26. The summed E-state index contributed by atoms with van der Waals surface area (Å²) in [7, 11) is 2.90. The smallest absolute Gasteiger partial charge is 0.341 e. The normalized spacial score (nSPS) is 10.3. The van der Waals surface area contributed by atoms with Gasteiger partial charge in [-0.05, 0) is 60.9 Å². The first-order valence-corrected chi connectivity index (χ1v) is 8.67. The van der Waals surface area contributed by atoms with E-state index in [9.17, 15) is 4.79 Å². The zero-order valence-electron chi connectivity index (χ0n) is 15.7. The molecule has 4 nitrogen and oxygen atoms in total. The SMILES string of the molecule is COC(=O)c1cc(Cc2ccc(Oc3ccc(C)cc3)cc2)ccc1OC. The molecule has 3 rings (SSSR count). The van der Waals surface area contributed by atoms with Gasteiger partial charge in [0.05, 0.1) is 14.2 Å². The molecular formula is C23H22O4. The van der Waals surface area contributed by atoms with Gasteiger partial charge in [0, 0.05) is 0 Å². The van der Waals surface area contributed by atoms with Crippen LogP contribution in [-0.4, -0.2) is 20.2 Å². The summed E-state index contributed by atoms with van der Waals surface area (Å²) in [5, 5.41) is 0. The van der Waals surface area contributed by atoms with Crippen molar-refractivity contribution in [2.75, 3.05) is 14.2 Å². The van der Waals surface area contributed by atoms with Gasteiger partial charge >= 0.3 is 5.97 Å². The fourth-order valence-electron chi connectivity index (χ4n) is 2.79. The first kappa shape index (κ1) is 18.5. The number of carbonyl (C=O) groups is 1. The summed E-state index contributed by atoms with van der Waals surface area (Å²) in [6.07, 6.45) is 0.693. The Labute approximate surface area is 159 Å². The maximum Gasteiger partial charge on any atom is 0.341 e. The van der Waals surface area contributed by atoms with Crippen LogP contribution in [0, 0.1) is 6.92 Å². The van der Waals surface area contributed by atoms with E-state index in [1.807, 2.05) is 61.5 Å². The summed E-state index contributed by atoms with van der Waals surface area (Å²) < 4.78 is 15.9.